The zero-order chi connectivity index (χ0) is 14.0. The molecule has 1 heterocycles. The number of carbonyl (C=O) groups is 1. The number of carboxylic acids is 1. The van der Waals surface area contributed by atoms with Gasteiger partial charge in [-0.05, 0) is 35.6 Å². The van der Waals surface area contributed by atoms with Gasteiger partial charge in [0.2, 0.25) is 0 Å². The zero-order valence-electron chi connectivity index (χ0n) is 11.2. The number of carboxylic acid groups (broad SMARTS) is 1. The lowest BCUT2D eigenvalue weighted by Crippen LogP contribution is -2.32. The fourth-order valence-electron chi connectivity index (χ4n) is 2.19. The molecule has 1 aromatic carbocycles. The molecule has 1 atom stereocenters. The van der Waals surface area contributed by atoms with Crippen LogP contribution in [0.4, 0.5) is 0 Å². The standard InChI is InChI=1S/C14H19NO4/c1-8(2)10-7-13-12(18-3-4-19-13)6-9(10)5-11(15)14(16)17/h6-8,11H,3-5,15H2,1-2H3,(H,16,17). The molecule has 0 aliphatic carbocycles. The Morgan fingerprint density at radius 3 is 2.42 bits per heavy atom. The van der Waals surface area contributed by atoms with Crippen LogP contribution >= 0.6 is 0 Å². The summed E-state index contributed by atoms with van der Waals surface area (Å²) in [6.45, 7) is 5.17. The lowest BCUT2D eigenvalue weighted by Gasteiger charge is -2.23. The van der Waals surface area contributed by atoms with Crippen LogP contribution in [0.3, 0.4) is 0 Å². The summed E-state index contributed by atoms with van der Waals surface area (Å²) in [5.41, 5.74) is 7.59. The number of nitrogens with two attached hydrogens (primary N) is 1. The number of ether oxygens (including phenoxy) is 2. The van der Waals surface area contributed by atoms with Gasteiger partial charge in [-0.15, -0.1) is 0 Å². The van der Waals surface area contributed by atoms with Crippen LogP contribution in [0.5, 0.6) is 11.5 Å². The van der Waals surface area contributed by atoms with Crippen LogP contribution in [0.25, 0.3) is 0 Å². The Labute approximate surface area is 112 Å². The van der Waals surface area contributed by atoms with E-state index < -0.39 is 12.0 Å². The molecule has 0 bridgehead atoms. The predicted molar refractivity (Wildman–Crippen MR) is 70.8 cm³/mol. The molecule has 5 heteroatoms. The Hall–Kier alpha value is -1.75. The molecule has 104 valence electrons. The summed E-state index contributed by atoms with van der Waals surface area (Å²) < 4.78 is 11.1. The maximum atomic E-state index is 10.9. The number of benzene rings is 1. The van der Waals surface area contributed by atoms with E-state index in [9.17, 15) is 4.79 Å². The molecular formula is C14H19NO4. The minimum absolute atomic E-state index is 0.270. The van der Waals surface area contributed by atoms with Crippen molar-refractivity contribution in [3.63, 3.8) is 0 Å². The van der Waals surface area contributed by atoms with Crippen LogP contribution in [0.15, 0.2) is 12.1 Å². The van der Waals surface area contributed by atoms with Crippen LogP contribution in [0.2, 0.25) is 0 Å². The Kier molecular flexibility index (Phi) is 3.95. The first-order chi connectivity index (χ1) is 8.99. The van der Waals surface area contributed by atoms with E-state index in [0.29, 0.717) is 25.4 Å². The molecule has 0 saturated carbocycles. The second-order valence-corrected chi connectivity index (χ2v) is 5.00. The van der Waals surface area contributed by atoms with Crippen LogP contribution in [0, 0.1) is 0 Å². The third-order valence-corrected chi connectivity index (χ3v) is 3.18. The highest BCUT2D eigenvalue weighted by molar-refractivity contribution is 5.73. The van der Waals surface area contributed by atoms with Crippen LogP contribution in [0.1, 0.15) is 30.9 Å². The molecule has 1 aliphatic rings. The maximum Gasteiger partial charge on any atom is 0.320 e. The average molecular weight is 265 g/mol. The second kappa shape index (κ2) is 5.48. The average Bonchev–Trinajstić information content (AvgIpc) is 2.37. The summed E-state index contributed by atoms with van der Waals surface area (Å²) >= 11 is 0. The lowest BCUT2D eigenvalue weighted by atomic mass is 9.92. The summed E-state index contributed by atoms with van der Waals surface area (Å²) in [4.78, 5) is 10.9. The molecule has 1 aliphatic heterocycles. The number of hydrogen-bond acceptors (Lipinski definition) is 4. The van der Waals surface area contributed by atoms with Crippen molar-refractivity contribution in [2.75, 3.05) is 13.2 Å². The fraction of sp³-hybridized carbons (Fsp3) is 0.500. The van der Waals surface area contributed by atoms with Gasteiger partial charge in [0.25, 0.3) is 0 Å². The van der Waals surface area contributed by atoms with E-state index in [4.69, 9.17) is 20.3 Å². The first-order valence-corrected chi connectivity index (χ1v) is 6.40. The van der Waals surface area contributed by atoms with Crippen molar-refractivity contribution in [3.05, 3.63) is 23.3 Å². The molecule has 0 fully saturated rings. The largest absolute Gasteiger partial charge is 0.486 e. The van der Waals surface area contributed by atoms with E-state index >= 15 is 0 Å². The Balaban J connectivity index is 2.37. The van der Waals surface area contributed by atoms with Gasteiger partial charge in [-0.2, -0.15) is 0 Å². The van der Waals surface area contributed by atoms with Crippen molar-refractivity contribution in [2.24, 2.45) is 5.73 Å². The molecule has 0 radical (unpaired) electrons. The van der Waals surface area contributed by atoms with Gasteiger partial charge in [0.1, 0.15) is 19.3 Å². The minimum Gasteiger partial charge on any atom is -0.486 e. The van der Waals surface area contributed by atoms with Gasteiger partial charge >= 0.3 is 5.97 Å². The molecule has 2 rings (SSSR count). The first-order valence-electron chi connectivity index (χ1n) is 6.40. The van der Waals surface area contributed by atoms with Crippen molar-refractivity contribution in [3.8, 4) is 11.5 Å². The van der Waals surface area contributed by atoms with Gasteiger partial charge in [-0.1, -0.05) is 13.8 Å². The van der Waals surface area contributed by atoms with Gasteiger partial charge in [0.05, 0.1) is 0 Å². The van der Waals surface area contributed by atoms with Crippen molar-refractivity contribution >= 4 is 5.97 Å². The third kappa shape index (κ3) is 2.98. The molecule has 5 nitrogen and oxygen atoms in total. The number of fused-ring (bicyclic) bond motifs is 1. The molecule has 0 saturated heterocycles. The van der Waals surface area contributed by atoms with Crippen molar-refractivity contribution in [1.29, 1.82) is 0 Å². The Morgan fingerprint density at radius 2 is 1.89 bits per heavy atom. The van der Waals surface area contributed by atoms with Crippen molar-refractivity contribution < 1.29 is 19.4 Å². The van der Waals surface area contributed by atoms with Crippen molar-refractivity contribution in [1.82, 2.24) is 0 Å². The molecule has 3 N–H and O–H groups in total. The summed E-state index contributed by atoms with van der Waals surface area (Å²) in [6, 6.07) is 2.88. The van der Waals surface area contributed by atoms with Crippen LogP contribution in [-0.2, 0) is 11.2 Å². The molecule has 0 spiro atoms. The predicted octanol–water partition coefficient (Wildman–Crippen LogP) is 1.54. The van der Waals surface area contributed by atoms with E-state index in [1.54, 1.807) is 0 Å². The smallest absolute Gasteiger partial charge is 0.320 e. The van der Waals surface area contributed by atoms with Gasteiger partial charge in [-0.25, -0.2) is 0 Å². The molecule has 1 unspecified atom stereocenters. The molecular weight excluding hydrogens is 246 g/mol. The Bertz CT molecular complexity index is 485. The molecule has 19 heavy (non-hydrogen) atoms. The highest BCUT2D eigenvalue weighted by Gasteiger charge is 2.20. The third-order valence-electron chi connectivity index (χ3n) is 3.18. The summed E-state index contributed by atoms with van der Waals surface area (Å²) in [7, 11) is 0. The SMILES string of the molecule is CC(C)c1cc2c(cc1CC(N)C(=O)O)OCCO2. The monoisotopic (exact) mass is 265 g/mol. The molecule has 0 aromatic heterocycles. The van der Waals surface area contributed by atoms with Crippen molar-refractivity contribution in [2.45, 2.75) is 32.2 Å². The van der Waals surface area contributed by atoms with Crippen LogP contribution < -0.4 is 15.2 Å². The van der Waals surface area contributed by atoms with E-state index in [2.05, 4.69) is 13.8 Å². The fourth-order valence-corrected chi connectivity index (χ4v) is 2.19. The molecule has 1 aromatic rings. The number of rotatable bonds is 4. The van der Waals surface area contributed by atoms with E-state index in [-0.39, 0.29) is 5.92 Å². The summed E-state index contributed by atoms with van der Waals surface area (Å²) in [5.74, 6) is 0.669. The highest BCUT2D eigenvalue weighted by Crippen LogP contribution is 2.36. The first kappa shape index (κ1) is 13.7. The van der Waals surface area contributed by atoms with Crippen LogP contribution in [-0.4, -0.2) is 30.3 Å². The second-order valence-electron chi connectivity index (χ2n) is 5.00. The van der Waals surface area contributed by atoms with Gasteiger partial charge in [0.15, 0.2) is 11.5 Å². The van der Waals surface area contributed by atoms with E-state index in [1.165, 1.54) is 0 Å². The number of hydrogen-bond donors (Lipinski definition) is 2. The Morgan fingerprint density at radius 1 is 1.32 bits per heavy atom. The van der Waals surface area contributed by atoms with E-state index in [0.717, 1.165) is 16.9 Å². The van der Waals surface area contributed by atoms with Gasteiger partial charge in [0, 0.05) is 0 Å². The normalized spacial score (nSPS) is 15.4. The minimum atomic E-state index is -0.996. The quantitative estimate of drug-likeness (QED) is 0.863. The zero-order valence-corrected chi connectivity index (χ0v) is 11.2. The summed E-state index contributed by atoms with van der Waals surface area (Å²) in [6.07, 6.45) is 0.291. The lowest BCUT2D eigenvalue weighted by molar-refractivity contribution is -0.138. The molecule has 0 amide bonds. The summed E-state index contributed by atoms with van der Waals surface area (Å²) in [5, 5.41) is 8.93. The van der Waals surface area contributed by atoms with E-state index in [1.807, 2.05) is 12.1 Å². The van der Waals surface area contributed by atoms with Gasteiger partial charge < -0.3 is 20.3 Å². The maximum absolute atomic E-state index is 10.9. The topological polar surface area (TPSA) is 81.8 Å². The van der Waals surface area contributed by atoms with Gasteiger partial charge in [-0.3, -0.25) is 4.79 Å². The highest BCUT2D eigenvalue weighted by atomic mass is 16.6. The number of aliphatic carboxylic acids is 1.